The SMILES string of the molecule is O=C1C(=Cc2ccc(Cl)cc2)Cc2cc(Br)ccc21. The predicted molar refractivity (Wildman–Crippen MR) is 81.6 cm³/mol. The van der Waals surface area contributed by atoms with Crippen molar-refractivity contribution in [2.75, 3.05) is 0 Å². The van der Waals surface area contributed by atoms with Crippen LogP contribution in [0.1, 0.15) is 21.5 Å². The van der Waals surface area contributed by atoms with Crippen LogP contribution in [0.5, 0.6) is 0 Å². The van der Waals surface area contributed by atoms with Crippen molar-refractivity contribution in [3.8, 4) is 0 Å². The Labute approximate surface area is 125 Å². The molecule has 3 rings (SSSR count). The molecular formula is C16H10BrClO. The Morgan fingerprint density at radius 3 is 2.58 bits per heavy atom. The van der Waals surface area contributed by atoms with E-state index in [1.54, 1.807) is 0 Å². The first kappa shape index (κ1) is 12.6. The first-order valence-corrected chi connectivity index (χ1v) is 7.10. The maximum atomic E-state index is 12.3. The molecule has 0 atom stereocenters. The van der Waals surface area contributed by atoms with Crippen LogP contribution >= 0.6 is 27.5 Å². The van der Waals surface area contributed by atoms with Crippen molar-refractivity contribution in [2.24, 2.45) is 0 Å². The number of hydrogen-bond acceptors (Lipinski definition) is 1. The fourth-order valence-corrected chi connectivity index (χ4v) is 2.80. The lowest BCUT2D eigenvalue weighted by molar-refractivity contribution is 0.104. The van der Waals surface area contributed by atoms with Crippen LogP contribution in [0.3, 0.4) is 0 Å². The Kier molecular flexibility index (Phi) is 3.29. The van der Waals surface area contributed by atoms with E-state index < -0.39 is 0 Å². The molecule has 2 aromatic rings. The third-order valence-electron chi connectivity index (χ3n) is 3.20. The van der Waals surface area contributed by atoms with Crippen LogP contribution < -0.4 is 0 Å². The lowest BCUT2D eigenvalue weighted by atomic mass is 10.1. The summed E-state index contributed by atoms with van der Waals surface area (Å²) in [7, 11) is 0. The normalized spacial score (nSPS) is 15.9. The van der Waals surface area contributed by atoms with Gasteiger partial charge in [-0.2, -0.15) is 0 Å². The zero-order chi connectivity index (χ0) is 13.4. The minimum absolute atomic E-state index is 0.123. The minimum Gasteiger partial charge on any atom is -0.289 e. The van der Waals surface area contributed by atoms with E-state index in [2.05, 4.69) is 15.9 Å². The van der Waals surface area contributed by atoms with Crippen molar-refractivity contribution in [3.63, 3.8) is 0 Å². The van der Waals surface area contributed by atoms with Gasteiger partial charge in [0.1, 0.15) is 0 Å². The fourth-order valence-electron chi connectivity index (χ4n) is 2.27. The number of hydrogen-bond donors (Lipinski definition) is 0. The summed E-state index contributed by atoms with van der Waals surface area (Å²) >= 11 is 9.29. The van der Waals surface area contributed by atoms with Crippen LogP contribution in [0.4, 0.5) is 0 Å². The van der Waals surface area contributed by atoms with Crippen LogP contribution in [0.25, 0.3) is 6.08 Å². The second kappa shape index (κ2) is 4.95. The standard InChI is InChI=1S/C16H10BrClO/c17-13-3-6-15-11(9-13)8-12(16(15)19)7-10-1-4-14(18)5-2-10/h1-7,9H,8H2. The number of Topliss-reactive ketones (excluding diaryl/α,β-unsaturated/α-hetero) is 1. The second-order valence-electron chi connectivity index (χ2n) is 4.53. The van der Waals surface area contributed by atoms with Gasteiger partial charge in [0.15, 0.2) is 5.78 Å². The van der Waals surface area contributed by atoms with E-state index >= 15 is 0 Å². The number of ketones is 1. The molecule has 3 heteroatoms. The third-order valence-corrected chi connectivity index (χ3v) is 3.94. The molecule has 1 nitrogen and oxygen atoms in total. The van der Waals surface area contributed by atoms with Crippen molar-refractivity contribution in [1.82, 2.24) is 0 Å². The topological polar surface area (TPSA) is 17.1 Å². The van der Waals surface area contributed by atoms with E-state index in [9.17, 15) is 4.79 Å². The molecule has 0 amide bonds. The summed E-state index contributed by atoms with van der Waals surface area (Å²) in [6, 6.07) is 13.3. The molecule has 0 aliphatic heterocycles. The summed E-state index contributed by atoms with van der Waals surface area (Å²) in [6.45, 7) is 0. The molecule has 1 aliphatic rings. The number of halogens is 2. The molecule has 0 saturated carbocycles. The van der Waals surface area contributed by atoms with E-state index in [4.69, 9.17) is 11.6 Å². The molecule has 0 fully saturated rings. The van der Waals surface area contributed by atoms with Gasteiger partial charge in [-0.15, -0.1) is 0 Å². The van der Waals surface area contributed by atoms with E-state index in [-0.39, 0.29) is 5.78 Å². The largest absolute Gasteiger partial charge is 0.289 e. The highest BCUT2D eigenvalue weighted by atomic mass is 79.9. The molecule has 94 valence electrons. The Morgan fingerprint density at radius 2 is 1.84 bits per heavy atom. The van der Waals surface area contributed by atoms with Gasteiger partial charge in [0.05, 0.1) is 0 Å². The monoisotopic (exact) mass is 332 g/mol. The third kappa shape index (κ3) is 2.51. The number of rotatable bonds is 1. The number of allylic oxidation sites excluding steroid dienone is 1. The van der Waals surface area contributed by atoms with Crippen molar-refractivity contribution >= 4 is 39.4 Å². The summed E-state index contributed by atoms with van der Waals surface area (Å²) in [4.78, 5) is 12.3. The van der Waals surface area contributed by atoms with E-state index in [1.807, 2.05) is 48.5 Å². The summed E-state index contributed by atoms with van der Waals surface area (Å²) in [5, 5.41) is 0.701. The molecule has 0 unspecified atom stereocenters. The maximum absolute atomic E-state index is 12.3. The van der Waals surface area contributed by atoms with E-state index in [0.29, 0.717) is 11.4 Å². The maximum Gasteiger partial charge on any atom is 0.189 e. The van der Waals surface area contributed by atoms with Crippen LogP contribution in [0.15, 0.2) is 52.5 Å². The highest BCUT2D eigenvalue weighted by molar-refractivity contribution is 9.10. The van der Waals surface area contributed by atoms with Gasteiger partial charge in [-0.25, -0.2) is 0 Å². The highest BCUT2D eigenvalue weighted by Crippen LogP contribution is 2.30. The van der Waals surface area contributed by atoms with E-state index in [1.165, 1.54) is 0 Å². The Morgan fingerprint density at radius 1 is 1.11 bits per heavy atom. The molecule has 0 saturated heterocycles. The van der Waals surface area contributed by atoms with Crippen LogP contribution in [-0.2, 0) is 6.42 Å². The molecule has 2 aromatic carbocycles. The van der Waals surface area contributed by atoms with Crippen molar-refractivity contribution in [1.29, 1.82) is 0 Å². The lowest BCUT2D eigenvalue weighted by Gasteiger charge is -1.97. The number of fused-ring (bicyclic) bond motifs is 1. The number of carbonyl (C=O) groups excluding carboxylic acids is 1. The van der Waals surface area contributed by atoms with E-state index in [0.717, 1.165) is 26.7 Å². The Balaban J connectivity index is 1.97. The van der Waals surface area contributed by atoms with Crippen LogP contribution in [0.2, 0.25) is 5.02 Å². The molecular weight excluding hydrogens is 324 g/mol. The van der Waals surface area contributed by atoms with Gasteiger partial charge in [-0.3, -0.25) is 4.79 Å². The molecule has 0 radical (unpaired) electrons. The van der Waals surface area contributed by atoms with Gasteiger partial charge < -0.3 is 0 Å². The quantitative estimate of drug-likeness (QED) is 0.677. The first-order valence-electron chi connectivity index (χ1n) is 5.93. The summed E-state index contributed by atoms with van der Waals surface area (Å²) < 4.78 is 1.01. The van der Waals surface area contributed by atoms with Crippen molar-refractivity contribution in [3.05, 3.63) is 74.2 Å². The summed E-state index contributed by atoms with van der Waals surface area (Å²) in [5.74, 6) is 0.123. The average Bonchev–Trinajstić information content (AvgIpc) is 2.68. The van der Waals surface area contributed by atoms with Gasteiger partial charge in [0.2, 0.25) is 0 Å². The molecule has 0 N–H and O–H groups in total. The van der Waals surface area contributed by atoms with Crippen molar-refractivity contribution < 1.29 is 4.79 Å². The number of benzene rings is 2. The number of carbonyl (C=O) groups is 1. The fraction of sp³-hybridized carbons (Fsp3) is 0.0625. The molecule has 1 aliphatic carbocycles. The van der Waals surface area contributed by atoms with Gasteiger partial charge in [0.25, 0.3) is 0 Å². The van der Waals surface area contributed by atoms with Gasteiger partial charge in [-0.1, -0.05) is 39.7 Å². The van der Waals surface area contributed by atoms with Gasteiger partial charge in [-0.05, 0) is 47.5 Å². The summed E-state index contributed by atoms with van der Waals surface area (Å²) in [6.07, 6.45) is 2.63. The smallest absolute Gasteiger partial charge is 0.189 e. The molecule has 0 heterocycles. The minimum atomic E-state index is 0.123. The van der Waals surface area contributed by atoms with Gasteiger partial charge >= 0.3 is 0 Å². The van der Waals surface area contributed by atoms with Crippen molar-refractivity contribution in [2.45, 2.75) is 6.42 Å². The van der Waals surface area contributed by atoms with Crippen LogP contribution in [-0.4, -0.2) is 5.78 Å². The summed E-state index contributed by atoms with van der Waals surface area (Å²) in [5.41, 5.74) is 3.72. The Hall–Kier alpha value is -1.38. The second-order valence-corrected chi connectivity index (χ2v) is 5.88. The first-order chi connectivity index (χ1) is 9.13. The predicted octanol–water partition coefficient (Wildman–Crippen LogP) is 4.92. The average molecular weight is 334 g/mol. The zero-order valence-electron chi connectivity index (χ0n) is 9.99. The van der Waals surface area contributed by atoms with Crippen LogP contribution in [0, 0.1) is 0 Å². The molecule has 0 aromatic heterocycles. The molecule has 0 spiro atoms. The Bertz CT molecular complexity index is 686. The zero-order valence-corrected chi connectivity index (χ0v) is 12.3. The molecule has 0 bridgehead atoms. The van der Waals surface area contributed by atoms with Gasteiger partial charge in [0, 0.05) is 27.1 Å². The highest BCUT2D eigenvalue weighted by Gasteiger charge is 2.24. The lowest BCUT2D eigenvalue weighted by Crippen LogP contribution is -1.94. The molecule has 19 heavy (non-hydrogen) atoms.